The molecule has 0 N–H and O–H groups in total. The van der Waals surface area contributed by atoms with E-state index in [0.29, 0.717) is 0 Å². The van der Waals surface area contributed by atoms with Crippen molar-refractivity contribution in [2.45, 2.75) is 49.7 Å². The van der Waals surface area contributed by atoms with Gasteiger partial charge >= 0.3 is 11.9 Å². The third-order valence-corrected chi connectivity index (χ3v) is 5.73. The first-order valence-corrected chi connectivity index (χ1v) is 9.60. The van der Waals surface area contributed by atoms with Crippen LogP contribution in [0.1, 0.15) is 39.5 Å². The number of hydrogen-bond donors (Lipinski definition) is 0. The lowest BCUT2D eigenvalue weighted by molar-refractivity contribution is -0.164. The molecular formula is C19H26O4S. The lowest BCUT2D eigenvalue weighted by Gasteiger charge is -2.34. The fourth-order valence-corrected chi connectivity index (χ4v) is 4.65. The molecule has 4 nitrogen and oxygen atoms in total. The molecule has 24 heavy (non-hydrogen) atoms. The van der Waals surface area contributed by atoms with Gasteiger partial charge in [0.1, 0.15) is 0 Å². The highest BCUT2D eigenvalue weighted by Crippen LogP contribution is 2.41. The molecule has 0 aliphatic heterocycles. The minimum atomic E-state index is -0.814. The molecule has 0 heterocycles. The van der Waals surface area contributed by atoms with E-state index in [0.717, 1.165) is 25.7 Å². The van der Waals surface area contributed by atoms with Crippen molar-refractivity contribution in [1.82, 2.24) is 0 Å². The van der Waals surface area contributed by atoms with Gasteiger partial charge < -0.3 is 9.47 Å². The molecule has 0 amide bonds. The van der Waals surface area contributed by atoms with E-state index in [-0.39, 0.29) is 24.4 Å². The average molecular weight is 350 g/mol. The highest BCUT2D eigenvalue weighted by Gasteiger charge is 2.42. The van der Waals surface area contributed by atoms with E-state index < -0.39 is 17.9 Å². The quantitative estimate of drug-likeness (QED) is 0.548. The van der Waals surface area contributed by atoms with Crippen molar-refractivity contribution in [2.75, 3.05) is 13.2 Å². The van der Waals surface area contributed by atoms with Gasteiger partial charge in [-0.25, -0.2) is 0 Å². The zero-order valence-corrected chi connectivity index (χ0v) is 15.2. The molecule has 1 aromatic carbocycles. The van der Waals surface area contributed by atoms with E-state index in [2.05, 4.69) is 12.1 Å². The molecule has 2 rings (SSSR count). The van der Waals surface area contributed by atoms with Crippen LogP contribution in [0, 0.1) is 11.8 Å². The standard InChI is InChI=1S/C19H26O4S/c1-3-22-18(20)17(19(21)23-4-2)15-12-8-9-13-16(15)24-14-10-6-5-7-11-14/h5-7,10-11,15-17H,3-4,8-9,12-13H2,1-2H3. The normalized spacial score (nSPS) is 20.6. The monoisotopic (exact) mass is 350 g/mol. The average Bonchev–Trinajstić information content (AvgIpc) is 2.58. The van der Waals surface area contributed by atoms with Crippen LogP contribution in [0.15, 0.2) is 35.2 Å². The number of esters is 2. The molecule has 0 radical (unpaired) electrons. The fourth-order valence-electron chi connectivity index (χ4n) is 3.24. The summed E-state index contributed by atoms with van der Waals surface area (Å²) in [6.07, 6.45) is 4.01. The largest absolute Gasteiger partial charge is 0.465 e. The van der Waals surface area contributed by atoms with Crippen molar-refractivity contribution in [3.63, 3.8) is 0 Å². The maximum absolute atomic E-state index is 12.4. The molecule has 0 saturated heterocycles. The van der Waals surface area contributed by atoms with Crippen molar-refractivity contribution in [3.8, 4) is 0 Å². The van der Waals surface area contributed by atoms with Crippen molar-refractivity contribution in [3.05, 3.63) is 30.3 Å². The summed E-state index contributed by atoms with van der Waals surface area (Å²) < 4.78 is 10.3. The summed E-state index contributed by atoms with van der Waals surface area (Å²) in [6, 6.07) is 10.1. The minimum absolute atomic E-state index is 0.0398. The minimum Gasteiger partial charge on any atom is -0.465 e. The molecule has 0 aromatic heterocycles. The summed E-state index contributed by atoms with van der Waals surface area (Å²) in [5.74, 6) is -1.74. The van der Waals surface area contributed by atoms with E-state index in [1.54, 1.807) is 25.6 Å². The summed E-state index contributed by atoms with van der Waals surface area (Å²) in [6.45, 7) is 4.07. The van der Waals surface area contributed by atoms with Crippen molar-refractivity contribution in [1.29, 1.82) is 0 Å². The number of ether oxygens (including phenoxy) is 2. The van der Waals surface area contributed by atoms with Crippen LogP contribution in [0.25, 0.3) is 0 Å². The molecule has 0 spiro atoms. The van der Waals surface area contributed by atoms with Gasteiger partial charge in [-0.2, -0.15) is 0 Å². The molecule has 1 aliphatic carbocycles. The molecule has 0 bridgehead atoms. The number of rotatable bonds is 7. The molecule has 2 atom stereocenters. The Bertz CT molecular complexity index is 513. The smallest absolute Gasteiger partial charge is 0.320 e. The highest BCUT2D eigenvalue weighted by atomic mass is 32.2. The van der Waals surface area contributed by atoms with E-state index in [4.69, 9.17) is 9.47 Å². The second-order valence-corrected chi connectivity index (χ2v) is 7.21. The van der Waals surface area contributed by atoms with Crippen molar-refractivity contribution >= 4 is 23.7 Å². The summed E-state index contributed by atoms with van der Waals surface area (Å²) >= 11 is 1.76. The van der Waals surface area contributed by atoms with E-state index in [1.165, 1.54) is 4.90 Å². The maximum Gasteiger partial charge on any atom is 0.320 e. The first kappa shape index (κ1) is 18.8. The van der Waals surface area contributed by atoms with Gasteiger partial charge in [0.15, 0.2) is 5.92 Å². The Kier molecular flexibility index (Phi) is 7.63. The third kappa shape index (κ3) is 5.00. The maximum atomic E-state index is 12.4. The molecule has 1 aromatic rings. The lowest BCUT2D eigenvalue weighted by atomic mass is 9.79. The molecule has 1 fully saturated rings. The van der Waals surface area contributed by atoms with Crippen molar-refractivity contribution < 1.29 is 19.1 Å². The Morgan fingerprint density at radius 1 is 1.04 bits per heavy atom. The van der Waals surface area contributed by atoms with E-state index in [9.17, 15) is 9.59 Å². The van der Waals surface area contributed by atoms with Gasteiger partial charge in [-0.3, -0.25) is 9.59 Å². The topological polar surface area (TPSA) is 52.6 Å². The number of thioether (sulfide) groups is 1. The summed E-state index contributed by atoms with van der Waals surface area (Å²) in [7, 11) is 0. The number of benzene rings is 1. The summed E-state index contributed by atoms with van der Waals surface area (Å²) in [5, 5.41) is 0.222. The Balaban J connectivity index is 2.19. The molecule has 2 unspecified atom stereocenters. The Morgan fingerprint density at radius 3 is 2.21 bits per heavy atom. The zero-order chi connectivity index (χ0) is 17.4. The van der Waals surface area contributed by atoms with E-state index in [1.807, 2.05) is 18.2 Å². The first-order chi connectivity index (χ1) is 11.7. The van der Waals surface area contributed by atoms with Gasteiger partial charge in [-0.1, -0.05) is 31.0 Å². The van der Waals surface area contributed by atoms with Crippen LogP contribution in [0.3, 0.4) is 0 Å². The zero-order valence-electron chi connectivity index (χ0n) is 14.4. The van der Waals surface area contributed by atoms with E-state index >= 15 is 0 Å². The van der Waals surface area contributed by atoms with Crippen molar-refractivity contribution in [2.24, 2.45) is 11.8 Å². The molecule has 1 saturated carbocycles. The van der Waals surface area contributed by atoms with Gasteiger partial charge in [-0.15, -0.1) is 11.8 Å². The van der Waals surface area contributed by atoms with Gasteiger partial charge in [0, 0.05) is 10.1 Å². The molecular weight excluding hydrogens is 324 g/mol. The molecule has 5 heteroatoms. The Morgan fingerprint density at radius 2 is 1.62 bits per heavy atom. The van der Waals surface area contributed by atoms with Crippen LogP contribution in [-0.4, -0.2) is 30.4 Å². The predicted octanol–water partition coefficient (Wildman–Crippen LogP) is 4.08. The van der Waals surface area contributed by atoms with Crippen LogP contribution < -0.4 is 0 Å². The second kappa shape index (κ2) is 9.72. The Hall–Kier alpha value is -1.49. The summed E-state index contributed by atoms with van der Waals surface area (Å²) in [5.41, 5.74) is 0. The number of carbonyl (C=O) groups excluding carboxylic acids is 2. The molecule has 132 valence electrons. The number of hydrogen-bond acceptors (Lipinski definition) is 5. The molecule has 1 aliphatic rings. The number of carbonyl (C=O) groups is 2. The van der Waals surface area contributed by atoms with Gasteiger partial charge in [0.05, 0.1) is 13.2 Å². The summed E-state index contributed by atoms with van der Waals surface area (Å²) in [4.78, 5) is 26.0. The van der Waals surface area contributed by atoms with Gasteiger partial charge in [0.25, 0.3) is 0 Å². The van der Waals surface area contributed by atoms with Crippen LogP contribution in [-0.2, 0) is 19.1 Å². The van der Waals surface area contributed by atoms with Gasteiger partial charge in [-0.05, 0) is 44.7 Å². The van der Waals surface area contributed by atoms with Crippen LogP contribution >= 0.6 is 11.8 Å². The second-order valence-electron chi connectivity index (χ2n) is 5.90. The van der Waals surface area contributed by atoms with Crippen LogP contribution in [0.2, 0.25) is 0 Å². The van der Waals surface area contributed by atoms with Crippen LogP contribution in [0.4, 0.5) is 0 Å². The Labute approximate surface area is 148 Å². The fraction of sp³-hybridized carbons (Fsp3) is 0.579. The highest BCUT2D eigenvalue weighted by molar-refractivity contribution is 8.00. The SMILES string of the molecule is CCOC(=O)C(C(=O)OCC)C1CCCCC1Sc1ccccc1. The van der Waals surface area contributed by atoms with Crippen LogP contribution in [0.5, 0.6) is 0 Å². The first-order valence-electron chi connectivity index (χ1n) is 8.72. The van der Waals surface area contributed by atoms with Gasteiger partial charge in [0.2, 0.25) is 0 Å². The predicted molar refractivity (Wildman–Crippen MR) is 94.8 cm³/mol. The third-order valence-electron chi connectivity index (χ3n) is 4.29. The lowest BCUT2D eigenvalue weighted by Crippen LogP contribution is -2.40.